The first-order chi connectivity index (χ1) is 9.69. The summed E-state index contributed by atoms with van der Waals surface area (Å²) >= 11 is 3.45. The minimum atomic E-state index is 0.0783. The number of aromatic nitrogens is 2. The van der Waals surface area contributed by atoms with Gasteiger partial charge in [-0.2, -0.15) is 5.26 Å². The summed E-state index contributed by atoms with van der Waals surface area (Å²) in [5.41, 5.74) is 1.38. The highest BCUT2D eigenvalue weighted by Crippen LogP contribution is 2.41. The van der Waals surface area contributed by atoms with Crippen LogP contribution in [0.3, 0.4) is 0 Å². The van der Waals surface area contributed by atoms with Gasteiger partial charge >= 0.3 is 0 Å². The highest BCUT2D eigenvalue weighted by Gasteiger charge is 2.42. The molecule has 1 saturated carbocycles. The molecule has 5 heteroatoms. The summed E-state index contributed by atoms with van der Waals surface area (Å²) in [6, 6.07) is 12.2. The van der Waals surface area contributed by atoms with Gasteiger partial charge in [-0.25, -0.2) is 9.97 Å². The number of nitrogens with zero attached hydrogens (tertiary/aromatic N) is 3. The van der Waals surface area contributed by atoms with E-state index in [9.17, 15) is 0 Å². The van der Waals surface area contributed by atoms with Crippen molar-refractivity contribution in [1.82, 2.24) is 9.97 Å². The van der Waals surface area contributed by atoms with Crippen LogP contribution in [0.4, 0.5) is 5.82 Å². The second-order valence-electron chi connectivity index (χ2n) is 5.09. The van der Waals surface area contributed by atoms with E-state index in [2.05, 4.69) is 55.5 Å². The Balaban J connectivity index is 1.73. The van der Waals surface area contributed by atoms with Gasteiger partial charge < -0.3 is 5.32 Å². The second-order valence-corrected chi connectivity index (χ2v) is 6.00. The fourth-order valence-electron chi connectivity index (χ4n) is 2.24. The lowest BCUT2D eigenvalue weighted by molar-refractivity contribution is 0.720. The van der Waals surface area contributed by atoms with E-state index in [4.69, 9.17) is 5.26 Å². The Morgan fingerprint density at radius 3 is 2.65 bits per heavy atom. The van der Waals surface area contributed by atoms with Crippen LogP contribution < -0.4 is 5.32 Å². The van der Waals surface area contributed by atoms with Crippen molar-refractivity contribution in [3.63, 3.8) is 0 Å². The molecule has 1 aromatic heterocycles. The molecular weight excluding hydrogens is 316 g/mol. The fourth-order valence-corrected chi connectivity index (χ4v) is 2.51. The summed E-state index contributed by atoms with van der Waals surface area (Å²) in [6.07, 6.45) is 4.82. The van der Waals surface area contributed by atoms with Crippen molar-refractivity contribution < 1.29 is 0 Å². The predicted molar refractivity (Wildman–Crippen MR) is 80.2 cm³/mol. The molecule has 1 heterocycles. The molecule has 4 nitrogen and oxygen atoms in total. The molecule has 0 aliphatic heterocycles. The maximum absolute atomic E-state index is 8.83. The van der Waals surface area contributed by atoms with Crippen molar-refractivity contribution in [2.45, 2.75) is 24.8 Å². The van der Waals surface area contributed by atoms with E-state index in [0.717, 1.165) is 29.6 Å². The van der Waals surface area contributed by atoms with E-state index in [1.807, 2.05) is 12.1 Å². The van der Waals surface area contributed by atoms with Crippen LogP contribution in [0.25, 0.3) is 0 Å². The maximum Gasteiger partial charge on any atom is 0.234 e. The van der Waals surface area contributed by atoms with Gasteiger partial charge in [-0.05, 0) is 43.0 Å². The Morgan fingerprint density at radius 1 is 1.25 bits per heavy atom. The van der Waals surface area contributed by atoms with Crippen molar-refractivity contribution in [1.29, 1.82) is 5.26 Å². The van der Waals surface area contributed by atoms with Crippen LogP contribution in [0.15, 0.2) is 41.0 Å². The predicted octanol–water partition coefficient (Wildman–Crippen LogP) is 3.30. The Morgan fingerprint density at radius 2 is 2.00 bits per heavy atom. The molecule has 2 aromatic rings. The molecule has 1 aliphatic carbocycles. The van der Waals surface area contributed by atoms with E-state index >= 15 is 0 Å². The number of halogens is 1. The number of nitriles is 1. The summed E-state index contributed by atoms with van der Waals surface area (Å²) < 4.78 is 1.09. The molecule has 0 saturated heterocycles. The third kappa shape index (κ3) is 2.97. The van der Waals surface area contributed by atoms with Crippen molar-refractivity contribution in [2.24, 2.45) is 0 Å². The minimum absolute atomic E-state index is 0.0783. The monoisotopic (exact) mass is 328 g/mol. The number of rotatable bonds is 4. The molecule has 1 fully saturated rings. The third-order valence-corrected chi connectivity index (χ3v) is 3.99. The zero-order valence-corrected chi connectivity index (χ0v) is 12.4. The normalized spacial score (nSPS) is 15.4. The van der Waals surface area contributed by atoms with Gasteiger partial charge in [-0.15, -0.1) is 0 Å². The molecular formula is C15H13BrN4. The van der Waals surface area contributed by atoms with Crippen LogP contribution in [0.5, 0.6) is 0 Å². The second kappa shape index (κ2) is 5.22. The molecule has 0 spiro atoms. The molecule has 1 aliphatic rings. The van der Waals surface area contributed by atoms with Gasteiger partial charge in [0.2, 0.25) is 5.82 Å². The summed E-state index contributed by atoms with van der Waals surface area (Å²) in [5, 5.41) is 12.3. The first-order valence-corrected chi connectivity index (χ1v) is 7.24. The summed E-state index contributed by atoms with van der Waals surface area (Å²) in [6.45, 7) is 0. The van der Waals surface area contributed by atoms with Crippen molar-refractivity contribution in [3.05, 3.63) is 52.4 Å². The average Bonchev–Trinajstić information content (AvgIpc) is 3.21. The lowest BCUT2D eigenvalue weighted by Gasteiger charge is -2.18. The molecule has 0 radical (unpaired) electrons. The van der Waals surface area contributed by atoms with Crippen LogP contribution >= 0.6 is 15.9 Å². The van der Waals surface area contributed by atoms with Gasteiger partial charge in [0.25, 0.3) is 0 Å². The molecule has 20 heavy (non-hydrogen) atoms. The molecule has 0 bridgehead atoms. The molecule has 0 atom stereocenters. The van der Waals surface area contributed by atoms with Gasteiger partial charge in [-0.3, -0.25) is 0 Å². The van der Waals surface area contributed by atoms with Crippen molar-refractivity contribution in [2.75, 3.05) is 5.32 Å². The fraction of sp³-hybridized carbons (Fsp3) is 0.267. The summed E-state index contributed by atoms with van der Waals surface area (Å²) in [7, 11) is 0. The van der Waals surface area contributed by atoms with Crippen LogP contribution in [0.1, 0.15) is 24.2 Å². The topological polar surface area (TPSA) is 61.6 Å². The molecule has 100 valence electrons. The van der Waals surface area contributed by atoms with Gasteiger partial charge in [0.15, 0.2) is 0 Å². The first-order valence-electron chi connectivity index (χ1n) is 6.45. The smallest absolute Gasteiger partial charge is 0.234 e. The molecule has 3 rings (SSSR count). The summed E-state index contributed by atoms with van der Waals surface area (Å²) in [4.78, 5) is 8.07. The number of hydrogen-bond donors (Lipinski definition) is 1. The number of nitrogens with one attached hydrogen (secondary N) is 1. The van der Waals surface area contributed by atoms with Crippen LogP contribution in [0.2, 0.25) is 0 Å². The molecule has 0 amide bonds. The van der Waals surface area contributed by atoms with E-state index in [1.54, 1.807) is 6.20 Å². The average molecular weight is 329 g/mol. The number of hydrogen-bond acceptors (Lipinski definition) is 4. The van der Waals surface area contributed by atoms with Gasteiger partial charge in [-0.1, -0.05) is 28.1 Å². The molecule has 1 aromatic carbocycles. The maximum atomic E-state index is 8.83. The number of benzene rings is 1. The Labute approximate surface area is 126 Å². The van der Waals surface area contributed by atoms with E-state index in [1.165, 1.54) is 5.56 Å². The van der Waals surface area contributed by atoms with E-state index < -0.39 is 0 Å². The largest absolute Gasteiger partial charge is 0.364 e. The SMILES string of the molecule is N#Cc1nccc(NC2(Cc3ccc(Br)cc3)CC2)n1. The highest BCUT2D eigenvalue weighted by atomic mass is 79.9. The standard InChI is InChI=1S/C15H13BrN4/c16-12-3-1-11(2-4-12)9-15(6-7-15)20-13-5-8-18-14(10-17)19-13/h1-5,8H,6-7,9H2,(H,18,19,20). The van der Waals surface area contributed by atoms with Crippen LogP contribution in [-0.2, 0) is 6.42 Å². The quantitative estimate of drug-likeness (QED) is 0.935. The summed E-state index contributed by atoms with van der Waals surface area (Å²) in [5.74, 6) is 0.931. The zero-order valence-electron chi connectivity index (χ0n) is 10.8. The minimum Gasteiger partial charge on any atom is -0.364 e. The Hall–Kier alpha value is -1.93. The van der Waals surface area contributed by atoms with Crippen LogP contribution in [0, 0.1) is 11.3 Å². The van der Waals surface area contributed by atoms with Crippen molar-refractivity contribution >= 4 is 21.7 Å². The Bertz CT molecular complexity index is 656. The van der Waals surface area contributed by atoms with Gasteiger partial charge in [0.1, 0.15) is 11.9 Å². The van der Waals surface area contributed by atoms with Gasteiger partial charge in [0.05, 0.1) is 0 Å². The lowest BCUT2D eigenvalue weighted by atomic mass is 10.0. The van der Waals surface area contributed by atoms with Gasteiger partial charge in [0, 0.05) is 16.2 Å². The molecule has 1 N–H and O–H groups in total. The highest BCUT2D eigenvalue weighted by molar-refractivity contribution is 9.10. The van der Waals surface area contributed by atoms with E-state index in [-0.39, 0.29) is 11.4 Å². The van der Waals surface area contributed by atoms with E-state index in [0.29, 0.717) is 0 Å². The van der Waals surface area contributed by atoms with Crippen molar-refractivity contribution in [3.8, 4) is 6.07 Å². The van der Waals surface area contributed by atoms with Crippen LogP contribution in [-0.4, -0.2) is 15.5 Å². The first kappa shape index (κ1) is 13.1. The third-order valence-electron chi connectivity index (χ3n) is 3.46. The lowest BCUT2D eigenvalue weighted by Crippen LogP contribution is -2.25. The Kier molecular flexibility index (Phi) is 3.41. The zero-order chi connectivity index (χ0) is 14.0. The molecule has 0 unspecified atom stereocenters. The number of anilines is 1.